The van der Waals surface area contributed by atoms with E-state index < -0.39 is 6.04 Å². The first-order chi connectivity index (χ1) is 7.15. The van der Waals surface area contributed by atoms with E-state index in [4.69, 9.17) is 22.1 Å². The monoisotopic (exact) mass is 264 g/mol. The molecule has 0 aromatic heterocycles. The van der Waals surface area contributed by atoms with Gasteiger partial charge in [0.05, 0.1) is 17.3 Å². The molecule has 0 heterocycles. The van der Waals surface area contributed by atoms with E-state index in [1.54, 1.807) is 24.3 Å². The molecule has 0 bridgehead atoms. The molecule has 0 saturated carbocycles. The Labute approximate surface area is 106 Å². The van der Waals surface area contributed by atoms with Crippen LogP contribution in [0.5, 0.6) is 0 Å². The maximum absolute atomic E-state index is 11.5. The van der Waals surface area contributed by atoms with E-state index in [-0.39, 0.29) is 24.9 Å². The number of nitrogens with one attached hydrogen (secondary N) is 1. The zero-order valence-electron chi connectivity index (χ0n) is 8.77. The zero-order chi connectivity index (χ0) is 11.3. The summed E-state index contributed by atoms with van der Waals surface area (Å²) >= 11 is 5.86. The van der Waals surface area contributed by atoms with Gasteiger partial charge in [-0.15, -0.1) is 12.4 Å². The van der Waals surface area contributed by atoms with Gasteiger partial charge in [-0.1, -0.05) is 23.7 Å². The number of carbonyl (C=O) groups is 1. The summed E-state index contributed by atoms with van der Waals surface area (Å²) in [6.07, 6.45) is 0. The first-order valence-electron chi connectivity index (χ1n) is 4.45. The second-order valence-electron chi connectivity index (χ2n) is 3.03. The minimum atomic E-state index is -0.689. The molecular weight excluding hydrogens is 251 g/mol. The van der Waals surface area contributed by atoms with Gasteiger partial charge in [0.15, 0.2) is 0 Å². The van der Waals surface area contributed by atoms with E-state index in [0.717, 1.165) is 0 Å². The minimum absolute atomic E-state index is 0. The van der Waals surface area contributed by atoms with Gasteiger partial charge >= 0.3 is 0 Å². The summed E-state index contributed by atoms with van der Waals surface area (Å²) in [7, 11) is 1.49. The van der Waals surface area contributed by atoms with Crippen molar-refractivity contribution in [2.24, 2.45) is 5.73 Å². The molecule has 0 aliphatic rings. The highest BCUT2D eigenvalue weighted by Crippen LogP contribution is 2.20. The summed E-state index contributed by atoms with van der Waals surface area (Å²) in [5.41, 5.74) is 6.10. The third-order valence-electron chi connectivity index (χ3n) is 1.81. The molecule has 1 aromatic carbocycles. The number of ether oxygens (including phenoxy) is 1. The van der Waals surface area contributed by atoms with Gasteiger partial charge in [0.2, 0.25) is 5.91 Å². The van der Waals surface area contributed by atoms with Gasteiger partial charge in [0.1, 0.15) is 6.04 Å². The zero-order valence-corrected chi connectivity index (χ0v) is 10.3. The molecule has 0 radical (unpaired) electrons. The lowest BCUT2D eigenvalue weighted by Gasteiger charge is -2.11. The Hall–Kier alpha value is -0.810. The lowest BCUT2D eigenvalue weighted by atomic mass is 10.2. The fourth-order valence-electron chi connectivity index (χ4n) is 1.04. The van der Waals surface area contributed by atoms with Crippen LogP contribution < -0.4 is 11.1 Å². The number of rotatable bonds is 4. The van der Waals surface area contributed by atoms with E-state index in [1.807, 2.05) is 0 Å². The highest BCUT2D eigenvalue weighted by atomic mass is 35.5. The van der Waals surface area contributed by atoms with Gasteiger partial charge in [-0.05, 0) is 12.1 Å². The second kappa shape index (κ2) is 7.46. The lowest BCUT2D eigenvalue weighted by molar-refractivity contribution is -0.118. The Kier molecular flexibility index (Phi) is 7.08. The van der Waals surface area contributed by atoms with Crippen LogP contribution in [0.1, 0.15) is 0 Å². The first-order valence-corrected chi connectivity index (χ1v) is 4.83. The average Bonchev–Trinajstić information content (AvgIpc) is 2.21. The van der Waals surface area contributed by atoms with Gasteiger partial charge in [-0.2, -0.15) is 0 Å². The van der Waals surface area contributed by atoms with Crippen molar-refractivity contribution >= 4 is 35.6 Å². The van der Waals surface area contributed by atoms with Crippen molar-refractivity contribution in [3.8, 4) is 0 Å². The largest absolute Gasteiger partial charge is 0.383 e. The SMILES string of the molecule is COCC(N)C(=O)Nc1ccccc1Cl.Cl. The van der Waals surface area contributed by atoms with Crippen LogP contribution in [0.25, 0.3) is 0 Å². The van der Waals surface area contributed by atoms with Crippen LogP contribution >= 0.6 is 24.0 Å². The topological polar surface area (TPSA) is 64.3 Å². The number of benzene rings is 1. The Morgan fingerprint density at radius 1 is 1.56 bits per heavy atom. The summed E-state index contributed by atoms with van der Waals surface area (Å²) in [6.45, 7) is 0.177. The molecule has 6 heteroatoms. The van der Waals surface area contributed by atoms with E-state index in [9.17, 15) is 4.79 Å². The number of nitrogens with two attached hydrogens (primary N) is 1. The molecule has 0 saturated heterocycles. The molecule has 0 fully saturated rings. The van der Waals surface area contributed by atoms with E-state index >= 15 is 0 Å². The highest BCUT2D eigenvalue weighted by Gasteiger charge is 2.13. The lowest BCUT2D eigenvalue weighted by Crippen LogP contribution is -2.39. The van der Waals surface area contributed by atoms with Crippen molar-refractivity contribution in [2.45, 2.75) is 6.04 Å². The van der Waals surface area contributed by atoms with Gasteiger partial charge in [0.25, 0.3) is 0 Å². The van der Waals surface area contributed by atoms with Gasteiger partial charge in [-0.25, -0.2) is 0 Å². The second-order valence-corrected chi connectivity index (χ2v) is 3.44. The number of halogens is 2. The summed E-state index contributed by atoms with van der Waals surface area (Å²) in [5, 5.41) is 3.10. The number of carbonyl (C=O) groups excluding carboxylic acids is 1. The first kappa shape index (κ1) is 15.2. The van der Waals surface area contributed by atoms with E-state index in [1.165, 1.54) is 7.11 Å². The van der Waals surface area contributed by atoms with Crippen molar-refractivity contribution < 1.29 is 9.53 Å². The van der Waals surface area contributed by atoms with Crippen LogP contribution in [-0.2, 0) is 9.53 Å². The van der Waals surface area contributed by atoms with Crippen LogP contribution in [0.3, 0.4) is 0 Å². The van der Waals surface area contributed by atoms with E-state index in [2.05, 4.69) is 5.32 Å². The highest BCUT2D eigenvalue weighted by molar-refractivity contribution is 6.33. The molecule has 90 valence electrons. The summed E-state index contributed by atoms with van der Waals surface area (Å²) in [4.78, 5) is 11.5. The summed E-state index contributed by atoms with van der Waals surface area (Å²) in [6, 6.07) is 6.28. The maximum Gasteiger partial charge on any atom is 0.243 e. The number of anilines is 1. The van der Waals surface area contributed by atoms with Crippen LogP contribution in [0.2, 0.25) is 5.02 Å². The predicted octanol–water partition coefficient (Wildman–Crippen LogP) is 1.67. The molecule has 1 unspecified atom stereocenters. The molecule has 1 amide bonds. The molecule has 4 nitrogen and oxygen atoms in total. The van der Waals surface area contributed by atoms with Gasteiger partial charge in [0, 0.05) is 7.11 Å². The minimum Gasteiger partial charge on any atom is -0.383 e. The third kappa shape index (κ3) is 4.37. The number of methoxy groups -OCH3 is 1. The van der Waals surface area contributed by atoms with Crippen molar-refractivity contribution in [1.29, 1.82) is 0 Å². The maximum atomic E-state index is 11.5. The number of hydrogen-bond acceptors (Lipinski definition) is 3. The van der Waals surface area contributed by atoms with Crippen LogP contribution in [-0.4, -0.2) is 25.7 Å². The Balaban J connectivity index is 0.00000225. The number of para-hydroxylation sites is 1. The van der Waals surface area contributed by atoms with Crippen LogP contribution in [0, 0.1) is 0 Å². The molecule has 1 rings (SSSR count). The van der Waals surface area contributed by atoms with E-state index in [0.29, 0.717) is 10.7 Å². The standard InChI is InChI=1S/C10H13ClN2O2.ClH/c1-15-6-8(12)10(14)13-9-5-3-2-4-7(9)11;/h2-5,8H,6,12H2,1H3,(H,13,14);1H. The van der Waals surface area contributed by atoms with Gasteiger partial charge in [-0.3, -0.25) is 4.79 Å². The molecule has 0 spiro atoms. The Bertz CT molecular complexity index is 347. The van der Waals surface area contributed by atoms with Crippen LogP contribution in [0.15, 0.2) is 24.3 Å². The van der Waals surface area contributed by atoms with Crippen molar-refractivity contribution in [3.05, 3.63) is 29.3 Å². The number of amides is 1. The van der Waals surface area contributed by atoms with Crippen molar-refractivity contribution in [3.63, 3.8) is 0 Å². The fraction of sp³-hybridized carbons (Fsp3) is 0.300. The molecule has 0 aliphatic carbocycles. The Morgan fingerprint density at radius 3 is 2.75 bits per heavy atom. The smallest absolute Gasteiger partial charge is 0.243 e. The molecule has 1 aromatic rings. The van der Waals surface area contributed by atoms with Crippen LogP contribution in [0.4, 0.5) is 5.69 Å². The summed E-state index contributed by atoms with van der Waals surface area (Å²) in [5.74, 6) is -0.315. The molecule has 16 heavy (non-hydrogen) atoms. The molecule has 3 N–H and O–H groups in total. The van der Waals surface area contributed by atoms with Crippen molar-refractivity contribution in [2.75, 3.05) is 19.0 Å². The normalized spacial score (nSPS) is 11.4. The summed E-state index contributed by atoms with van der Waals surface area (Å²) < 4.78 is 4.77. The predicted molar refractivity (Wildman–Crippen MR) is 67.2 cm³/mol. The third-order valence-corrected chi connectivity index (χ3v) is 2.14. The average molecular weight is 265 g/mol. The fourth-order valence-corrected chi connectivity index (χ4v) is 1.23. The van der Waals surface area contributed by atoms with Gasteiger partial charge < -0.3 is 15.8 Å². The number of hydrogen-bond donors (Lipinski definition) is 2. The molecule has 1 atom stereocenters. The van der Waals surface area contributed by atoms with Crippen molar-refractivity contribution in [1.82, 2.24) is 0 Å². The molecular formula is C10H14Cl2N2O2. The molecule has 0 aliphatic heterocycles. The Morgan fingerprint density at radius 2 is 2.19 bits per heavy atom. The quantitative estimate of drug-likeness (QED) is 0.870.